The molecule has 3 rings (SSSR count). The molecule has 1 aliphatic rings. The number of ether oxygens (including phenoxy) is 2. The number of nitrogens with one attached hydrogen (secondary N) is 2. The highest BCUT2D eigenvalue weighted by molar-refractivity contribution is 14.0. The monoisotopic (exact) mass is 489 g/mol. The van der Waals surface area contributed by atoms with Crippen LogP contribution >= 0.6 is 35.7 Å². The number of hydrogen-bond donors (Lipinski definition) is 2. The van der Waals surface area contributed by atoms with Crippen molar-refractivity contribution in [3.05, 3.63) is 53.8 Å². The zero-order valence-corrected chi connectivity index (χ0v) is 17.5. The standard InChI is InChI=1S/C18H20FN3O2S.HI/c1-20-18(21-8-9-25-15-5-3-14(19)4-6-15)22-11-13-2-7-16-17(10-13)24-12-23-16;/h2-7,10H,8-9,11-12H2,1H3,(H2,20,21,22);1H. The summed E-state index contributed by atoms with van der Waals surface area (Å²) in [5.41, 5.74) is 1.09. The zero-order chi connectivity index (χ0) is 17.5. The van der Waals surface area contributed by atoms with E-state index in [1.165, 1.54) is 12.1 Å². The van der Waals surface area contributed by atoms with Gasteiger partial charge in [0, 0.05) is 30.8 Å². The molecule has 2 aromatic rings. The molecule has 0 amide bonds. The minimum atomic E-state index is -0.212. The molecule has 0 unspecified atom stereocenters. The maximum atomic E-state index is 12.9. The highest BCUT2D eigenvalue weighted by Gasteiger charge is 2.13. The van der Waals surface area contributed by atoms with Gasteiger partial charge in [0.25, 0.3) is 0 Å². The Morgan fingerprint density at radius 3 is 2.65 bits per heavy atom. The average molecular weight is 489 g/mol. The summed E-state index contributed by atoms with van der Waals surface area (Å²) in [4.78, 5) is 5.26. The predicted molar refractivity (Wildman–Crippen MR) is 113 cm³/mol. The second-order valence-electron chi connectivity index (χ2n) is 5.34. The van der Waals surface area contributed by atoms with E-state index in [-0.39, 0.29) is 36.6 Å². The van der Waals surface area contributed by atoms with Crippen LogP contribution < -0.4 is 20.1 Å². The molecule has 0 radical (unpaired) electrons. The summed E-state index contributed by atoms with van der Waals surface area (Å²) < 4.78 is 23.6. The van der Waals surface area contributed by atoms with Crippen LogP contribution in [0.25, 0.3) is 0 Å². The van der Waals surface area contributed by atoms with E-state index >= 15 is 0 Å². The molecule has 140 valence electrons. The average Bonchev–Trinajstić information content (AvgIpc) is 3.10. The molecule has 2 N–H and O–H groups in total. The molecule has 5 nitrogen and oxygen atoms in total. The summed E-state index contributed by atoms with van der Waals surface area (Å²) in [6, 6.07) is 12.4. The summed E-state index contributed by atoms with van der Waals surface area (Å²) in [5.74, 6) is 2.94. The van der Waals surface area contributed by atoms with E-state index in [4.69, 9.17) is 9.47 Å². The fraction of sp³-hybridized carbons (Fsp3) is 0.278. The van der Waals surface area contributed by atoms with E-state index < -0.39 is 0 Å². The van der Waals surface area contributed by atoms with Crippen LogP contribution in [0.2, 0.25) is 0 Å². The van der Waals surface area contributed by atoms with Crippen molar-refractivity contribution in [2.75, 3.05) is 26.1 Å². The van der Waals surface area contributed by atoms with E-state index in [1.807, 2.05) is 18.2 Å². The Hall–Kier alpha value is -1.68. The third-order valence-corrected chi connectivity index (χ3v) is 4.61. The van der Waals surface area contributed by atoms with Gasteiger partial charge in [0.05, 0.1) is 0 Å². The van der Waals surface area contributed by atoms with Crippen LogP contribution in [0.5, 0.6) is 11.5 Å². The summed E-state index contributed by atoms with van der Waals surface area (Å²) in [7, 11) is 1.74. The number of nitrogens with zero attached hydrogens (tertiary/aromatic N) is 1. The summed E-state index contributed by atoms with van der Waals surface area (Å²) >= 11 is 1.67. The number of hydrogen-bond acceptors (Lipinski definition) is 4. The lowest BCUT2D eigenvalue weighted by atomic mass is 10.2. The largest absolute Gasteiger partial charge is 0.454 e. The van der Waals surface area contributed by atoms with Gasteiger partial charge in [-0.1, -0.05) is 6.07 Å². The summed E-state index contributed by atoms with van der Waals surface area (Å²) in [6.07, 6.45) is 0. The smallest absolute Gasteiger partial charge is 0.231 e. The Balaban J connectivity index is 0.00000243. The molecule has 0 aliphatic carbocycles. The zero-order valence-electron chi connectivity index (χ0n) is 14.3. The van der Waals surface area contributed by atoms with Crippen molar-refractivity contribution in [2.45, 2.75) is 11.4 Å². The van der Waals surface area contributed by atoms with Crippen molar-refractivity contribution >= 4 is 41.7 Å². The molecule has 0 saturated carbocycles. The van der Waals surface area contributed by atoms with Crippen molar-refractivity contribution in [3.8, 4) is 11.5 Å². The van der Waals surface area contributed by atoms with Crippen LogP contribution in [0.15, 0.2) is 52.4 Å². The third kappa shape index (κ3) is 5.94. The molecular formula is C18H21FIN3O2S. The van der Waals surface area contributed by atoms with E-state index in [9.17, 15) is 4.39 Å². The van der Waals surface area contributed by atoms with Crippen molar-refractivity contribution in [1.29, 1.82) is 0 Å². The number of halogens is 2. The normalized spacial score (nSPS) is 12.5. The fourth-order valence-electron chi connectivity index (χ4n) is 2.33. The van der Waals surface area contributed by atoms with Crippen molar-refractivity contribution < 1.29 is 13.9 Å². The summed E-state index contributed by atoms with van der Waals surface area (Å²) in [6.45, 7) is 1.67. The molecule has 0 spiro atoms. The Labute approximate surface area is 173 Å². The van der Waals surface area contributed by atoms with Gasteiger partial charge in [-0.2, -0.15) is 0 Å². The van der Waals surface area contributed by atoms with Gasteiger partial charge in [-0.15, -0.1) is 35.7 Å². The molecule has 1 aliphatic heterocycles. The van der Waals surface area contributed by atoms with E-state index in [0.29, 0.717) is 6.54 Å². The quantitative estimate of drug-likeness (QED) is 0.214. The lowest BCUT2D eigenvalue weighted by molar-refractivity contribution is 0.174. The number of guanidine groups is 1. The van der Waals surface area contributed by atoms with Gasteiger partial charge in [-0.25, -0.2) is 4.39 Å². The Bertz CT molecular complexity index is 744. The second-order valence-corrected chi connectivity index (χ2v) is 6.51. The van der Waals surface area contributed by atoms with Gasteiger partial charge >= 0.3 is 0 Å². The molecule has 0 fully saturated rings. The van der Waals surface area contributed by atoms with Crippen LogP contribution in [0.3, 0.4) is 0 Å². The SMILES string of the molecule is CN=C(NCCSc1ccc(F)cc1)NCc1ccc2c(c1)OCO2.I. The van der Waals surface area contributed by atoms with Crippen molar-refractivity contribution in [3.63, 3.8) is 0 Å². The molecule has 0 aromatic heterocycles. The van der Waals surface area contributed by atoms with E-state index in [2.05, 4.69) is 15.6 Å². The molecule has 0 atom stereocenters. The first-order chi connectivity index (χ1) is 12.2. The van der Waals surface area contributed by atoms with Crippen molar-refractivity contribution in [1.82, 2.24) is 10.6 Å². The van der Waals surface area contributed by atoms with E-state index in [0.717, 1.165) is 40.2 Å². The molecular weight excluding hydrogens is 468 g/mol. The second kappa shape index (κ2) is 10.5. The molecule has 8 heteroatoms. The number of benzene rings is 2. The van der Waals surface area contributed by atoms with Gasteiger partial charge in [0.1, 0.15) is 5.82 Å². The van der Waals surface area contributed by atoms with Crippen LogP contribution in [0.4, 0.5) is 4.39 Å². The van der Waals surface area contributed by atoms with Crippen molar-refractivity contribution in [2.24, 2.45) is 4.99 Å². The number of aliphatic imine (C=N–C) groups is 1. The minimum Gasteiger partial charge on any atom is -0.454 e. The third-order valence-electron chi connectivity index (χ3n) is 3.60. The van der Waals surface area contributed by atoms with Gasteiger partial charge in [-0.05, 0) is 42.0 Å². The Morgan fingerprint density at radius 2 is 1.88 bits per heavy atom. The highest BCUT2D eigenvalue weighted by Crippen LogP contribution is 2.32. The lowest BCUT2D eigenvalue weighted by Crippen LogP contribution is -2.37. The van der Waals surface area contributed by atoms with Gasteiger partial charge < -0.3 is 20.1 Å². The molecule has 1 heterocycles. The first-order valence-electron chi connectivity index (χ1n) is 7.96. The minimum absolute atomic E-state index is 0. The van der Waals surface area contributed by atoms with Crippen LogP contribution in [0.1, 0.15) is 5.56 Å². The molecule has 26 heavy (non-hydrogen) atoms. The maximum absolute atomic E-state index is 12.9. The molecule has 0 bridgehead atoms. The Kier molecular flexibility index (Phi) is 8.30. The number of rotatable bonds is 6. The first-order valence-corrected chi connectivity index (χ1v) is 8.94. The number of fused-ring (bicyclic) bond motifs is 1. The Morgan fingerprint density at radius 1 is 1.12 bits per heavy atom. The van der Waals surface area contributed by atoms with Crippen LogP contribution in [0, 0.1) is 5.82 Å². The van der Waals surface area contributed by atoms with E-state index in [1.54, 1.807) is 30.9 Å². The maximum Gasteiger partial charge on any atom is 0.231 e. The lowest BCUT2D eigenvalue weighted by Gasteiger charge is -2.12. The van der Waals surface area contributed by atoms with Crippen LogP contribution in [-0.4, -0.2) is 32.1 Å². The van der Waals surface area contributed by atoms with Gasteiger partial charge in [0.15, 0.2) is 17.5 Å². The highest BCUT2D eigenvalue weighted by atomic mass is 127. The van der Waals surface area contributed by atoms with Gasteiger partial charge in [-0.3, -0.25) is 4.99 Å². The first kappa shape index (κ1) is 20.6. The van der Waals surface area contributed by atoms with Crippen LogP contribution in [-0.2, 0) is 6.54 Å². The summed E-state index contributed by atoms with van der Waals surface area (Å²) in [5, 5.41) is 6.53. The number of thioether (sulfide) groups is 1. The topological polar surface area (TPSA) is 54.9 Å². The van der Waals surface area contributed by atoms with Gasteiger partial charge in [0.2, 0.25) is 6.79 Å². The molecule has 2 aromatic carbocycles. The fourth-order valence-corrected chi connectivity index (χ4v) is 3.09. The molecule has 0 saturated heterocycles. The predicted octanol–water partition coefficient (Wildman–Crippen LogP) is 3.63.